The Bertz CT molecular complexity index is 404. The minimum Gasteiger partial charge on any atom is -0.333 e. The number of nitrogens with two attached hydrogens (primary N) is 1. The van der Waals surface area contributed by atoms with Crippen LogP contribution in [0.4, 0.5) is 0 Å². The summed E-state index contributed by atoms with van der Waals surface area (Å²) in [6, 6.07) is 9.27. The molecule has 2 N–H and O–H groups in total. The van der Waals surface area contributed by atoms with Gasteiger partial charge in [0.2, 0.25) is 5.91 Å². The van der Waals surface area contributed by atoms with E-state index in [1.165, 1.54) is 4.90 Å². The molecule has 0 spiro atoms. The van der Waals surface area contributed by atoms with Crippen molar-refractivity contribution in [1.29, 1.82) is 0 Å². The summed E-state index contributed by atoms with van der Waals surface area (Å²) in [5.41, 5.74) is 5.80. The molecule has 0 aliphatic heterocycles. The summed E-state index contributed by atoms with van der Waals surface area (Å²) in [6.07, 6.45) is 5.16. The Labute approximate surface area is 96.2 Å². The number of terminal acetylenes is 1. The van der Waals surface area contributed by atoms with Crippen molar-refractivity contribution in [2.75, 3.05) is 13.6 Å². The second kappa shape index (κ2) is 4.82. The van der Waals surface area contributed by atoms with Crippen molar-refractivity contribution >= 4 is 5.91 Å². The van der Waals surface area contributed by atoms with Crippen LogP contribution < -0.4 is 5.73 Å². The highest BCUT2D eigenvalue weighted by atomic mass is 16.2. The second-order valence-corrected chi connectivity index (χ2v) is 3.93. The molecule has 1 aromatic carbocycles. The maximum Gasteiger partial charge on any atom is 0.247 e. The lowest BCUT2D eigenvalue weighted by Crippen LogP contribution is -2.49. The van der Waals surface area contributed by atoms with Gasteiger partial charge in [-0.05, 0) is 12.5 Å². The normalized spacial score (nSPS) is 13.6. The molecule has 1 rings (SSSR count). The predicted octanol–water partition coefficient (Wildman–Crippen LogP) is 0.952. The summed E-state index contributed by atoms with van der Waals surface area (Å²) in [5, 5.41) is 0. The quantitative estimate of drug-likeness (QED) is 0.765. The first-order valence-corrected chi connectivity index (χ1v) is 5.03. The number of hydrogen-bond donors (Lipinski definition) is 1. The van der Waals surface area contributed by atoms with E-state index in [4.69, 9.17) is 12.2 Å². The van der Waals surface area contributed by atoms with E-state index in [0.29, 0.717) is 0 Å². The molecule has 1 unspecified atom stereocenters. The third kappa shape index (κ3) is 2.41. The molecule has 1 aromatic rings. The van der Waals surface area contributed by atoms with Crippen LogP contribution in [0, 0.1) is 12.3 Å². The first-order valence-electron chi connectivity index (χ1n) is 5.03. The molecule has 0 fully saturated rings. The van der Waals surface area contributed by atoms with Crippen molar-refractivity contribution in [2.45, 2.75) is 12.5 Å². The Morgan fingerprint density at radius 1 is 1.50 bits per heavy atom. The maximum atomic E-state index is 12.1. The number of rotatable bonds is 3. The second-order valence-electron chi connectivity index (χ2n) is 3.93. The van der Waals surface area contributed by atoms with E-state index in [0.717, 1.165) is 5.56 Å². The zero-order valence-corrected chi connectivity index (χ0v) is 9.60. The molecule has 0 aliphatic carbocycles. The lowest BCUT2D eigenvalue weighted by molar-refractivity contribution is -0.134. The van der Waals surface area contributed by atoms with Crippen molar-refractivity contribution in [3.8, 4) is 12.3 Å². The van der Waals surface area contributed by atoms with Crippen LogP contribution in [0.25, 0.3) is 0 Å². The molecule has 3 nitrogen and oxygen atoms in total. The number of carbonyl (C=O) groups excluding carboxylic acids is 1. The number of amides is 1. The molecule has 0 radical (unpaired) electrons. The van der Waals surface area contributed by atoms with Gasteiger partial charge in [0.1, 0.15) is 5.54 Å². The van der Waals surface area contributed by atoms with Gasteiger partial charge in [0, 0.05) is 7.05 Å². The standard InChI is InChI=1S/C13H16N2O/c1-4-10-15(3)12(16)13(2,14)11-8-6-5-7-9-11/h1,5-9H,10,14H2,2-3H3. The molecule has 0 heterocycles. The first-order chi connectivity index (χ1) is 7.50. The fraction of sp³-hybridized carbons (Fsp3) is 0.308. The summed E-state index contributed by atoms with van der Waals surface area (Å²) >= 11 is 0. The van der Waals surface area contributed by atoms with Crippen LogP contribution in [-0.4, -0.2) is 24.4 Å². The topological polar surface area (TPSA) is 46.3 Å². The van der Waals surface area contributed by atoms with Gasteiger partial charge in [0.05, 0.1) is 6.54 Å². The highest BCUT2D eigenvalue weighted by Gasteiger charge is 2.32. The number of likely N-dealkylation sites (N-methyl/N-ethyl adjacent to an activating group) is 1. The molecule has 16 heavy (non-hydrogen) atoms. The van der Waals surface area contributed by atoms with Gasteiger partial charge in [0.15, 0.2) is 0 Å². The van der Waals surface area contributed by atoms with Gasteiger partial charge in [-0.1, -0.05) is 36.3 Å². The molecule has 0 bridgehead atoms. The molecule has 0 saturated heterocycles. The Morgan fingerprint density at radius 3 is 2.56 bits per heavy atom. The highest BCUT2D eigenvalue weighted by molar-refractivity contribution is 5.87. The smallest absolute Gasteiger partial charge is 0.247 e. The average Bonchev–Trinajstić information content (AvgIpc) is 2.29. The van der Waals surface area contributed by atoms with E-state index < -0.39 is 5.54 Å². The zero-order chi connectivity index (χ0) is 12.2. The summed E-state index contributed by atoms with van der Waals surface area (Å²) in [7, 11) is 1.65. The number of nitrogens with zero attached hydrogens (tertiary/aromatic N) is 1. The van der Waals surface area contributed by atoms with E-state index in [9.17, 15) is 4.79 Å². The van der Waals surface area contributed by atoms with E-state index >= 15 is 0 Å². The fourth-order valence-electron chi connectivity index (χ4n) is 1.51. The molecule has 84 valence electrons. The van der Waals surface area contributed by atoms with Gasteiger partial charge in [-0.2, -0.15) is 0 Å². The molecule has 0 aliphatic rings. The molecule has 0 aromatic heterocycles. The van der Waals surface area contributed by atoms with Gasteiger partial charge >= 0.3 is 0 Å². The summed E-state index contributed by atoms with van der Waals surface area (Å²) < 4.78 is 0. The largest absolute Gasteiger partial charge is 0.333 e. The van der Waals surface area contributed by atoms with Crippen LogP contribution in [0.3, 0.4) is 0 Å². The van der Waals surface area contributed by atoms with Gasteiger partial charge in [-0.3, -0.25) is 4.79 Å². The summed E-state index contributed by atoms with van der Waals surface area (Å²) in [6.45, 7) is 1.95. The minimum absolute atomic E-state index is 0.184. The van der Waals surface area contributed by atoms with Crippen LogP contribution in [0.2, 0.25) is 0 Å². The van der Waals surface area contributed by atoms with Crippen LogP contribution in [-0.2, 0) is 10.3 Å². The van der Waals surface area contributed by atoms with E-state index in [-0.39, 0.29) is 12.5 Å². The maximum absolute atomic E-state index is 12.1. The van der Waals surface area contributed by atoms with Crippen LogP contribution >= 0.6 is 0 Å². The molecule has 1 atom stereocenters. The lowest BCUT2D eigenvalue weighted by Gasteiger charge is -2.28. The fourth-order valence-corrected chi connectivity index (χ4v) is 1.51. The number of hydrogen-bond acceptors (Lipinski definition) is 2. The van der Waals surface area contributed by atoms with Crippen molar-refractivity contribution in [2.24, 2.45) is 5.73 Å². The third-order valence-corrected chi connectivity index (χ3v) is 2.49. The van der Waals surface area contributed by atoms with E-state index in [2.05, 4.69) is 5.92 Å². The van der Waals surface area contributed by atoms with Crippen LogP contribution in [0.5, 0.6) is 0 Å². The summed E-state index contributed by atoms with van der Waals surface area (Å²) in [4.78, 5) is 13.5. The lowest BCUT2D eigenvalue weighted by atomic mass is 9.92. The average molecular weight is 216 g/mol. The van der Waals surface area contributed by atoms with E-state index in [1.807, 2.05) is 30.3 Å². The monoisotopic (exact) mass is 216 g/mol. The molecular formula is C13H16N2O. The molecule has 0 saturated carbocycles. The zero-order valence-electron chi connectivity index (χ0n) is 9.60. The van der Waals surface area contributed by atoms with Crippen LogP contribution in [0.1, 0.15) is 12.5 Å². The SMILES string of the molecule is C#CCN(C)C(=O)C(C)(N)c1ccccc1. The van der Waals surface area contributed by atoms with E-state index in [1.54, 1.807) is 14.0 Å². The van der Waals surface area contributed by atoms with Gasteiger partial charge in [-0.15, -0.1) is 6.42 Å². The summed E-state index contributed by atoms with van der Waals surface area (Å²) in [5.74, 6) is 2.24. The van der Waals surface area contributed by atoms with Crippen LogP contribution in [0.15, 0.2) is 30.3 Å². The van der Waals surface area contributed by atoms with Crippen molar-refractivity contribution in [1.82, 2.24) is 4.90 Å². The van der Waals surface area contributed by atoms with Gasteiger partial charge < -0.3 is 10.6 Å². The Kier molecular flexibility index (Phi) is 3.70. The molecule has 1 amide bonds. The van der Waals surface area contributed by atoms with Crippen molar-refractivity contribution in [3.05, 3.63) is 35.9 Å². The highest BCUT2D eigenvalue weighted by Crippen LogP contribution is 2.19. The minimum atomic E-state index is -1.03. The van der Waals surface area contributed by atoms with Crippen molar-refractivity contribution in [3.63, 3.8) is 0 Å². The van der Waals surface area contributed by atoms with Gasteiger partial charge in [0.25, 0.3) is 0 Å². The Balaban J connectivity index is 2.95. The number of carbonyl (C=O) groups is 1. The first kappa shape index (κ1) is 12.3. The Hall–Kier alpha value is -1.79. The molecular weight excluding hydrogens is 200 g/mol. The number of benzene rings is 1. The third-order valence-electron chi connectivity index (χ3n) is 2.49. The molecule has 3 heteroatoms. The predicted molar refractivity (Wildman–Crippen MR) is 64.5 cm³/mol. The Morgan fingerprint density at radius 2 is 2.06 bits per heavy atom. The van der Waals surface area contributed by atoms with Crippen molar-refractivity contribution < 1.29 is 4.79 Å². The van der Waals surface area contributed by atoms with Gasteiger partial charge in [-0.25, -0.2) is 0 Å².